The predicted octanol–water partition coefficient (Wildman–Crippen LogP) is 8.74. The summed E-state index contributed by atoms with van der Waals surface area (Å²) < 4.78 is 17.2. The lowest BCUT2D eigenvalue weighted by Crippen LogP contribution is -2.55. The lowest BCUT2D eigenvalue weighted by Gasteiger charge is -2.37. The van der Waals surface area contributed by atoms with Crippen molar-refractivity contribution in [1.82, 2.24) is 69.5 Å². The summed E-state index contributed by atoms with van der Waals surface area (Å²) in [7, 11) is -2.55. The number of fused-ring (bicyclic) bond motifs is 4. The zero-order valence-corrected chi connectivity index (χ0v) is 51.2. The summed E-state index contributed by atoms with van der Waals surface area (Å²) in [6.07, 6.45) is 8.33. The van der Waals surface area contributed by atoms with Crippen LogP contribution in [0.1, 0.15) is 34.6 Å². The predicted molar refractivity (Wildman–Crippen MR) is 323 cm³/mol. The maximum Gasteiger partial charge on any atom is 0.255 e. The maximum absolute atomic E-state index is 13.6. The molecule has 3 N–H and O–H groups in total. The topological polar surface area (TPSA) is 273 Å². The molecule has 2 aromatic carbocycles. The first-order valence-electron chi connectivity index (χ1n) is 27.3. The molecule has 4 amide bonds. The summed E-state index contributed by atoms with van der Waals surface area (Å²) in [6.45, 7) is 24.4. The fourth-order valence-corrected chi connectivity index (χ4v) is 11.3. The van der Waals surface area contributed by atoms with Gasteiger partial charge in [0.15, 0.2) is 11.3 Å². The Hall–Kier alpha value is -7.85. The van der Waals surface area contributed by atoms with Gasteiger partial charge in [0, 0.05) is 88.8 Å². The van der Waals surface area contributed by atoms with Crippen molar-refractivity contribution in [1.29, 1.82) is 10.5 Å². The number of likely N-dealkylation sites (tertiary alicyclic amines) is 2. The first-order valence-corrected chi connectivity index (χ1v) is 35.5. The average Bonchev–Trinajstić information content (AvgIpc) is 4.36. The van der Waals surface area contributed by atoms with Gasteiger partial charge in [-0.1, -0.05) is 68.6 Å². The Morgan fingerprint density at radius 1 is 0.735 bits per heavy atom. The molecule has 0 spiro atoms. The molecule has 8 aromatic rings. The summed E-state index contributed by atoms with van der Waals surface area (Å²) in [5.41, 5.74) is 6.01. The van der Waals surface area contributed by atoms with Crippen molar-refractivity contribution in [3.63, 3.8) is 0 Å². The molecule has 2 fully saturated rings. The minimum absolute atomic E-state index is 0.159. The minimum Gasteiger partial charge on any atom is -0.361 e. The number of carbonyl (C=O) groups is 4. The van der Waals surface area contributed by atoms with Crippen LogP contribution < -0.4 is 10.6 Å². The second kappa shape index (κ2) is 24.9. The van der Waals surface area contributed by atoms with Crippen LogP contribution in [0.4, 0.5) is 0 Å². The number of benzene rings is 2. The lowest BCUT2D eigenvalue weighted by molar-refractivity contribution is -0.138. The van der Waals surface area contributed by atoms with E-state index in [1.54, 1.807) is 86.5 Å². The van der Waals surface area contributed by atoms with E-state index in [1.807, 2.05) is 18.2 Å². The molecule has 2 aliphatic heterocycles. The molecule has 8 heterocycles. The molecule has 2 aliphatic rings. The van der Waals surface area contributed by atoms with Crippen LogP contribution in [-0.4, -0.2) is 150 Å². The van der Waals surface area contributed by atoms with E-state index in [0.717, 1.165) is 33.9 Å². The standard InChI is InChI=1S/C30H35ClN8O3Si.C27H31ClN8O3Si/c1-6-9-39-25-12-21(31)7-8-22(25)26(36-39)24-14-33-28-27(35-24)23(17-38(28)18-42-10-11-43(3,4)5)29(40)34-19(2)30(41)37-15-20(13-32)16-37;1-16(27(38)35-12-17(10-29)13-35)31-26(37)20-14-36(15-39-7-8-40(2,3)4)25-24(20)32-22(11-30-25)23-19-6-5-18(28)9-21(19)33-34-23/h6-8,12,14,17,19-20H,1,9-11,15-16,18H2,2-5H3,(H,34,40);5-6,9,11,14,16-17H,7-8,12-13,15H2,1-4H3,(H,31,37)(H,33,34)/t19-;16-/m11/s1. The quantitative estimate of drug-likeness (QED) is 0.0366. The summed E-state index contributed by atoms with van der Waals surface area (Å²) >= 11 is 12.4. The molecule has 2 atom stereocenters. The number of nitrogens with one attached hydrogen (secondary N) is 3. The monoisotopic (exact) mass is 1200 g/mol. The van der Waals surface area contributed by atoms with Gasteiger partial charge >= 0.3 is 0 Å². The molecule has 2 saturated heterocycles. The van der Waals surface area contributed by atoms with E-state index in [2.05, 4.69) is 83.8 Å². The summed E-state index contributed by atoms with van der Waals surface area (Å²) in [5, 5.41) is 38.6. The van der Waals surface area contributed by atoms with Gasteiger partial charge in [-0.05, 0) is 62.3 Å². The van der Waals surface area contributed by atoms with E-state index in [9.17, 15) is 19.2 Å². The summed E-state index contributed by atoms with van der Waals surface area (Å²) in [5.74, 6) is -1.69. The molecular formula is C57H66Cl2N16O6Si2. The first kappa shape index (κ1) is 59.8. The van der Waals surface area contributed by atoms with E-state index in [0.29, 0.717) is 101 Å². The number of halogens is 2. The largest absolute Gasteiger partial charge is 0.361 e. The van der Waals surface area contributed by atoms with Crippen molar-refractivity contribution in [2.24, 2.45) is 11.8 Å². The Kier molecular flexibility index (Phi) is 18.0. The van der Waals surface area contributed by atoms with Crippen LogP contribution in [0.3, 0.4) is 0 Å². The van der Waals surface area contributed by atoms with E-state index >= 15 is 0 Å². The molecule has 83 heavy (non-hydrogen) atoms. The van der Waals surface area contributed by atoms with Crippen LogP contribution in [0.15, 0.2) is 73.8 Å². The molecule has 26 heteroatoms. The normalized spacial score (nSPS) is 14.6. The van der Waals surface area contributed by atoms with Crippen LogP contribution in [0.5, 0.6) is 0 Å². The van der Waals surface area contributed by atoms with Gasteiger partial charge in [-0.3, -0.25) is 29.0 Å². The van der Waals surface area contributed by atoms with Gasteiger partial charge in [0.2, 0.25) is 11.8 Å². The Morgan fingerprint density at radius 2 is 1.20 bits per heavy atom. The number of amides is 4. The number of aromatic amines is 1. The zero-order valence-electron chi connectivity index (χ0n) is 47.7. The Bertz CT molecular complexity index is 3870. The number of allylic oxidation sites excluding steroid dienone is 1. The van der Waals surface area contributed by atoms with Gasteiger partial charge in [-0.15, -0.1) is 6.58 Å². The molecule has 6 aromatic heterocycles. The molecule has 22 nitrogen and oxygen atoms in total. The van der Waals surface area contributed by atoms with Gasteiger partial charge in [0.05, 0.1) is 65.1 Å². The Morgan fingerprint density at radius 3 is 1.67 bits per heavy atom. The third kappa shape index (κ3) is 13.7. The molecule has 0 unspecified atom stereocenters. The highest BCUT2D eigenvalue weighted by Crippen LogP contribution is 2.32. The number of aromatic nitrogens is 10. The molecule has 0 aliphatic carbocycles. The van der Waals surface area contributed by atoms with E-state index in [-0.39, 0.29) is 48.2 Å². The van der Waals surface area contributed by atoms with Crippen molar-refractivity contribution in [2.75, 3.05) is 39.4 Å². The van der Waals surface area contributed by atoms with Crippen molar-refractivity contribution < 1.29 is 28.7 Å². The number of nitriles is 2. The molecule has 0 saturated carbocycles. The Labute approximate surface area is 491 Å². The number of ether oxygens (including phenoxy) is 2. The second-order valence-electron chi connectivity index (χ2n) is 23.3. The SMILES string of the molecule is C=CCn1nc(-c2cnc3c(n2)c(C(=O)N[C@H](C)C(=O)N2CC(C#N)C2)cn3COCC[Si](C)(C)C)c2ccc(Cl)cc21.C[C@@H](NC(=O)c1cn(COCC[Si](C)(C)C)c2ncc(-c3n[nH]c4cc(Cl)ccc34)nc12)C(=O)N1CC(C#N)C1. The van der Waals surface area contributed by atoms with Gasteiger partial charge in [0.25, 0.3) is 11.8 Å². The molecule has 0 radical (unpaired) electrons. The molecule has 0 bridgehead atoms. The van der Waals surface area contributed by atoms with Crippen molar-refractivity contribution >= 4 is 107 Å². The van der Waals surface area contributed by atoms with Crippen LogP contribution in [0, 0.1) is 34.5 Å². The lowest BCUT2D eigenvalue weighted by atomic mass is 10.0. The van der Waals surface area contributed by atoms with Crippen molar-refractivity contribution in [2.45, 2.75) is 97.3 Å². The van der Waals surface area contributed by atoms with Crippen LogP contribution >= 0.6 is 23.2 Å². The summed E-state index contributed by atoms with van der Waals surface area (Å²) in [4.78, 5) is 74.8. The highest BCUT2D eigenvalue weighted by molar-refractivity contribution is 6.76. The molecule has 432 valence electrons. The van der Waals surface area contributed by atoms with E-state index in [1.165, 1.54) is 0 Å². The van der Waals surface area contributed by atoms with Crippen molar-refractivity contribution in [3.05, 3.63) is 95.0 Å². The average molecular weight is 1200 g/mol. The third-order valence-corrected chi connectivity index (χ3v) is 18.2. The van der Waals surface area contributed by atoms with Crippen LogP contribution in [0.25, 0.3) is 66.9 Å². The van der Waals surface area contributed by atoms with Gasteiger partial charge in [0.1, 0.15) is 59.4 Å². The molecule has 10 rings (SSSR count). The van der Waals surface area contributed by atoms with Gasteiger partial charge < -0.3 is 39.0 Å². The fraction of sp³-hybridized carbons (Fsp3) is 0.404. The Balaban J connectivity index is 0.000000200. The zero-order chi connectivity index (χ0) is 59.5. The third-order valence-electron chi connectivity index (χ3n) is 14.3. The fourth-order valence-electron chi connectivity index (χ4n) is 9.43. The number of carbonyl (C=O) groups excluding carboxylic acids is 4. The van der Waals surface area contributed by atoms with Crippen LogP contribution in [0.2, 0.25) is 61.4 Å². The highest BCUT2D eigenvalue weighted by Gasteiger charge is 2.36. The highest BCUT2D eigenvalue weighted by atomic mass is 35.5. The van der Waals surface area contributed by atoms with Crippen molar-refractivity contribution in [3.8, 4) is 34.9 Å². The van der Waals surface area contributed by atoms with E-state index in [4.69, 9.17) is 63.3 Å². The maximum atomic E-state index is 13.6. The number of H-pyrrole nitrogens is 1. The second-order valence-corrected chi connectivity index (χ2v) is 35.5. The smallest absolute Gasteiger partial charge is 0.255 e. The summed E-state index contributed by atoms with van der Waals surface area (Å²) in [6, 6.07) is 15.7. The van der Waals surface area contributed by atoms with Gasteiger partial charge in [-0.2, -0.15) is 20.7 Å². The molecular weight excluding hydrogens is 1130 g/mol. The van der Waals surface area contributed by atoms with Gasteiger partial charge in [-0.25, -0.2) is 19.9 Å². The number of hydrogen-bond donors (Lipinski definition) is 3. The number of rotatable bonds is 20. The minimum atomic E-state index is -1.28. The number of hydrogen-bond acceptors (Lipinski definition) is 14. The first-order chi connectivity index (χ1) is 39.5. The van der Waals surface area contributed by atoms with E-state index < -0.39 is 40.0 Å². The number of nitrogens with zero attached hydrogens (tertiary/aromatic N) is 13. The van der Waals surface area contributed by atoms with Crippen LogP contribution in [-0.2, 0) is 39.1 Å².